The minimum atomic E-state index is -0.410. The molecule has 0 radical (unpaired) electrons. The smallest absolute Gasteiger partial charge is 0.242 e. The first-order valence-electron chi connectivity index (χ1n) is 5.10. The Hall–Kier alpha value is -1.29. The molecular formula is C12H16N2OS. The normalized spacial score (nSPS) is 12.8. The number of aliphatic imine (C=N–C) groups is 1. The molecule has 1 aromatic rings. The first-order valence-corrected chi connectivity index (χ1v) is 6.50. The van der Waals surface area contributed by atoms with Crippen molar-refractivity contribution in [2.45, 2.75) is 12.5 Å². The van der Waals surface area contributed by atoms with E-state index >= 15 is 0 Å². The Morgan fingerprint density at radius 1 is 1.50 bits per heavy atom. The van der Waals surface area contributed by atoms with Crippen molar-refractivity contribution < 1.29 is 4.79 Å². The molecule has 1 aromatic carbocycles. The van der Waals surface area contributed by atoms with Crippen LogP contribution in [0, 0.1) is 0 Å². The molecule has 0 aliphatic carbocycles. The van der Waals surface area contributed by atoms with Crippen LogP contribution < -0.4 is 5.73 Å². The lowest BCUT2D eigenvalue weighted by molar-refractivity contribution is -0.119. The van der Waals surface area contributed by atoms with E-state index in [1.165, 1.54) is 0 Å². The minimum Gasteiger partial charge on any atom is -0.368 e. The molecule has 3 nitrogen and oxygen atoms in total. The number of rotatable bonds is 6. The molecule has 0 heterocycles. The van der Waals surface area contributed by atoms with Crippen molar-refractivity contribution in [3.05, 3.63) is 35.9 Å². The van der Waals surface area contributed by atoms with Crippen LogP contribution in [0.15, 0.2) is 35.3 Å². The fourth-order valence-corrected chi connectivity index (χ4v) is 1.69. The second-order valence-corrected chi connectivity index (χ2v) is 4.37. The van der Waals surface area contributed by atoms with E-state index in [0.717, 1.165) is 11.3 Å². The van der Waals surface area contributed by atoms with E-state index in [2.05, 4.69) is 4.99 Å². The van der Waals surface area contributed by atoms with E-state index in [-0.39, 0.29) is 5.91 Å². The Labute approximate surface area is 100 Å². The van der Waals surface area contributed by atoms with Crippen LogP contribution in [0.4, 0.5) is 0 Å². The number of carbonyl (C=O) groups excluding carboxylic acids is 1. The third kappa shape index (κ3) is 4.49. The molecule has 0 aliphatic rings. The van der Waals surface area contributed by atoms with E-state index < -0.39 is 6.04 Å². The number of amides is 1. The van der Waals surface area contributed by atoms with E-state index in [4.69, 9.17) is 5.73 Å². The highest BCUT2D eigenvalue weighted by Crippen LogP contribution is 2.04. The number of nitrogens with zero attached hydrogens (tertiary/aromatic N) is 1. The van der Waals surface area contributed by atoms with Crippen molar-refractivity contribution in [2.24, 2.45) is 10.7 Å². The molecule has 0 aromatic heterocycles. The highest BCUT2D eigenvalue weighted by Gasteiger charge is 2.11. The van der Waals surface area contributed by atoms with Crippen molar-refractivity contribution in [1.29, 1.82) is 0 Å². The maximum atomic E-state index is 11.1. The SMILES string of the molecule is CSCC[C@H](/N=C/c1ccccc1)C(N)=O. The van der Waals surface area contributed by atoms with Crippen molar-refractivity contribution >= 4 is 23.9 Å². The number of primary amides is 1. The number of hydrogen-bond acceptors (Lipinski definition) is 3. The summed E-state index contributed by atoms with van der Waals surface area (Å²) in [5.41, 5.74) is 6.26. The first kappa shape index (κ1) is 12.8. The summed E-state index contributed by atoms with van der Waals surface area (Å²) in [6.07, 6.45) is 4.40. The Balaban J connectivity index is 2.61. The molecule has 0 saturated heterocycles. The zero-order valence-electron chi connectivity index (χ0n) is 9.30. The average Bonchev–Trinajstić information content (AvgIpc) is 2.30. The van der Waals surface area contributed by atoms with Gasteiger partial charge in [-0.05, 0) is 24.0 Å². The topological polar surface area (TPSA) is 55.4 Å². The fourth-order valence-electron chi connectivity index (χ4n) is 1.23. The Morgan fingerprint density at radius 2 is 2.19 bits per heavy atom. The van der Waals surface area contributed by atoms with Crippen LogP contribution in [-0.4, -0.2) is 30.2 Å². The van der Waals surface area contributed by atoms with Crippen molar-refractivity contribution in [1.82, 2.24) is 0 Å². The molecular weight excluding hydrogens is 220 g/mol. The van der Waals surface area contributed by atoms with Gasteiger partial charge in [0.25, 0.3) is 0 Å². The summed E-state index contributed by atoms with van der Waals surface area (Å²) in [6.45, 7) is 0. The molecule has 0 unspecified atom stereocenters. The number of hydrogen-bond donors (Lipinski definition) is 1. The van der Waals surface area contributed by atoms with Gasteiger partial charge >= 0.3 is 0 Å². The van der Waals surface area contributed by atoms with Gasteiger partial charge in [0.15, 0.2) is 0 Å². The van der Waals surface area contributed by atoms with Crippen LogP contribution in [0.3, 0.4) is 0 Å². The standard InChI is InChI=1S/C12H16N2OS/c1-16-8-7-11(12(13)15)14-9-10-5-3-2-4-6-10/h2-6,9,11H,7-8H2,1H3,(H2,13,15)/b14-9+/t11-/m0/s1. The zero-order valence-corrected chi connectivity index (χ0v) is 10.1. The number of carbonyl (C=O) groups is 1. The van der Waals surface area contributed by atoms with Gasteiger partial charge in [0.2, 0.25) is 5.91 Å². The van der Waals surface area contributed by atoms with Gasteiger partial charge in [0.1, 0.15) is 6.04 Å². The summed E-state index contributed by atoms with van der Waals surface area (Å²) in [6, 6.07) is 9.28. The van der Waals surface area contributed by atoms with Crippen LogP contribution >= 0.6 is 11.8 Å². The van der Waals surface area contributed by atoms with Crippen molar-refractivity contribution in [3.8, 4) is 0 Å². The monoisotopic (exact) mass is 236 g/mol. The number of benzene rings is 1. The second kappa shape index (κ2) is 7.06. The van der Waals surface area contributed by atoms with Crippen LogP contribution in [0.5, 0.6) is 0 Å². The molecule has 1 atom stereocenters. The molecule has 1 rings (SSSR count). The molecule has 0 spiro atoms. The Bertz CT molecular complexity index is 351. The summed E-state index contributed by atoms with van der Waals surface area (Å²) in [7, 11) is 0. The average molecular weight is 236 g/mol. The molecule has 0 fully saturated rings. The molecule has 0 saturated carbocycles. The Kier molecular flexibility index (Phi) is 5.64. The minimum absolute atomic E-state index is 0.360. The summed E-state index contributed by atoms with van der Waals surface area (Å²) >= 11 is 1.69. The van der Waals surface area contributed by atoms with Crippen LogP contribution in [0.1, 0.15) is 12.0 Å². The number of nitrogens with two attached hydrogens (primary N) is 1. The van der Waals surface area contributed by atoms with Crippen molar-refractivity contribution in [3.63, 3.8) is 0 Å². The van der Waals surface area contributed by atoms with Gasteiger partial charge in [-0.15, -0.1) is 0 Å². The lowest BCUT2D eigenvalue weighted by Gasteiger charge is -2.06. The predicted molar refractivity (Wildman–Crippen MR) is 70.0 cm³/mol. The summed E-state index contributed by atoms with van der Waals surface area (Å²) in [4.78, 5) is 15.3. The molecule has 4 heteroatoms. The zero-order chi connectivity index (χ0) is 11.8. The molecule has 1 amide bonds. The lowest BCUT2D eigenvalue weighted by Crippen LogP contribution is -2.27. The van der Waals surface area contributed by atoms with Gasteiger partial charge in [-0.25, -0.2) is 0 Å². The van der Waals surface area contributed by atoms with Crippen LogP contribution in [0.25, 0.3) is 0 Å². The lowest BCUT2D eigenvalue weighted by atomic mass is 10.2. The highest BCUT2D eigenvalue weighted by atomic mass is 32.2. The Morgan fingerprint density at radius 3 is 2.75 bits per heavy atom. The number of thioether (sulfide) groups is 1. The fraction of sp³-hybridized carbons (Fsp3) is 0.333. The molecule has 0 bridgehead atoms. The van der Waals surface area contributed by atoms with Gasteiger partial charge in [0, 0.05) is 6.21 Å². The third-order valence-electron chi connectivity index (χ3n) is 2.13. The van der Waals surface area contributed by atoms with Gasteiger partial charge in [0.05, 0.1) is 0 Å². The highest BCUT2D eigenvalue weighted by molar-refractivity contribution is 7.98. The largest absolute Gasteiger partial charge is 0.368 e. The molecule has 2 N–H and O–H groups in total. The summed E-state index contributed by atoms with van der Waals surface area (Å²) in [5, 5.41) is 0. The third-order valence-corrected chi connectivity index (χ3v) is 2.77. The van der Waals surface area contributed by atoms with Crippen LogP contribution in [0.2, 0.25) is 0 Å². The van der Waals surface area contributed by atoms with E-state index in [1.807, 2.05) is 36.6 Å². The van der Waals surface area contributed by atoms with E-state index in [1.54, 1.807) is 18.0 Å². The predicted octanol–water partition coefficient (Wildman–Crippen LogP) is 1.71. The van der Waals surface area contributed by atoms with Gasteiger partial charge in [-0.2, -0.15) is 11.8 Å². The maximum absolute atomic E-state index is 11.1. The maximum Gasteiger partial charge on any atom is 0.242 e. The van der Waals surface area contributed by atoms with Crippen LogP contribution in [-0.2, 0) is 4.79 Å². The molecule has 16 heavy (non-hydrogen) atoms. The summed E-state index contributed by atoms with van der Waals surface area (Å²) < 4.78 is 0. The quantitative estimate of drug-likeness (QED) is 0.764. The van der Waals surface area contributed by atoms with E-state index in [9.17, 15) is 4.79 Å². The van der Waals surface area contributed by atoms with Gasteiger partial charge in [-0.1, -0.05) is 30.3 Å². The summed E-state index contributed by atoms with van der Waals surface area (Å²) in [5.74, 6) is 0.529. The second-order valence-electron chi connectivity index (χ2n) is 3.39. The first-order chi connectivity index (χ1) is 7.74. The van der Waals surface area contributed by atoms with E-state index in [0.29, 0.717) is 6.42 Å². The van der Waals surface area contributed by atoms with Crippen molar-refractivity contribution in [2.75, 3.05) is 12.0 Å². The van der Waals surface area contributed by atoms with Gasteiger partial charge in [-0.3, -0.25) is 9.79 Å². The molecule has 86 valence electrons. The van der Waals surface area contributed by atoms with Gasteiger partial charge < -0.3 is 5.73 Å². The molecule has 0 aliphatic heterocycles.